The number of hydrogen-bond acceptors (Lipinski definition) is 5. The molecule has 0 bridgehead atoms. The van der Waals surface area contributed by atoms with Gasteiger partial charge < -0.3 is 30.7 Å². The van der Waals surface area contributed by atoms with E-state index in [0.717, 1.165) is 33.6 Å². The highest BCUT2D eigenvalue weighted by molar-refractivity contribution is 6.09. The number of rotatable bonds is 13. The van der Waals surface area contributed by atoms with E-state index in [0.29, 0.717) is 17.8 Å². The molecule has 3 aromatic carbocycles. The molecule has 0 saturated carbocycles. The summed E-state index contributed by atoms with van der Waals surface area (Å²) in [6.45, 7) is 4.31. The van der Waals surface area contributed by atoms with Crippen LogP contribution in [0.4, 0.5) is 10.1 Å². The van der Waals surface area contributed by atoms with Gasteiger partial charge in [0.25, 0.3) is 0 Å². The smallest absolute Gasteiger partial charge is 0.305 e. The molecule has 0 amide bonds. The van der Waals surface area contributed by atoms with Gasteiger partial charge in [0.05, 0.1) is 36.6 Å². The van der Waals surface area contributed by atoms with E-state index in [-0.39, 0.29) is 37.0 Å². The van der Waals surface area contributed by atoms with Crippen LogP contribution in [0.5, 0.6) is 0 Å². The fourth-order valence-electron chi connectivity index (χ4n) is 5.39. The minimum absolute atomic E-state index is 0.0491. The lowest BCUT2D eigenvalue weighted by atomic mass is 9.94. The average molecular weight is 588 g/mol. The van der Waals surface area contributed by atoms with Gasteiger partial charge in [-0.25, -0.2) is 9.38 Å². The van der Waals surface area contributed by atoms with Gasteiger partial charge in [0.15, 0.2) is 0 Å². The molecule has 9 heteroatoms. The number of halogens is 1. The summed E-state index contributed by atoms with van der Waals surface area (Å²) in [6.07, 6.45) is -2.44. The topological polar surface area (TPSA) is 141 Å². The Bertz CT molecular complexity index is 1550. The van der Waals surface area contributed by atoms with Gasteiger partial charge in [0.1, 0.15) is 11.7 Å². The molecule has 8 nitrogen and oxygen atoms in total. The number of amidine groups is 1. The molecule has 226 valence electrons. The lowest BCUT2D eigenvalue weighted by Crippen LogP contribution is -2.22. The molecule has 0 saturated heterocycles. The van der Waals surface area contributed by atoms with E-state index in [1.54, 1.807) is 36.4 Å². The maximum Gasteiger partial charge on any atom is 0.305 e. The third-order valence-electron chi connectivity index (χ3n) is 7.30. The summed E-state index contributed by atoms with van der Waals surface area (Å²) in [5, 5.41) is 39.3. The lowest BCUT2D eigenvalue weighted by molar-refractivity contribution is -0.139. The Morgan fingerprint density at radius 3 is 2.16 bits per heavy atom. The van der Waals surface area contributed by atoms with Crippen LogP contribution in [0.15, 0.2) is 83.9 Å². The molecule has 0 fully saturated rings. The number of carboxylic acids is 1. The first-order valence-corrected chi connectivity index (χ1v) is 14.3. The number of benzene rings is 3. The molecule has 6 N–H and O–H groups in total. The molecular weight excluding hydrogens is 549 g/mol. The maximum atomic E-state index is 14.1. The molecule has 0 spiro atoms. The van der Waals surface area contributed by atoms with Crippen LogP contribution in [-0.4, -0.2) is 49.0 Å². The highest BCUT2D eigenvalue weighted by Gasteiger charge is 2.29. The fourth-order valence-corrected chi connectivity index (χ4v) is 5.39. The average Bonchev–Trinajstić information content (AvgIpc) is 3.32. The molecule has 4 aromatic rings. The molecule has 0 aliphatic carbocycles. The zero-order valence-electron chi connectivity index (χ0n) is 24.3. The van der Waals surface area contributed by atoms with E-state index in [4.69, 9.17) is 15.8 Å². The Balaban J connectivity index is 1.93. The van der Waals surface area contributed by atoms with Crippen LogP contribution in [0.1, 0.15) is 55.8 Å². The van der Waals surface area contributed by atoms with E-state index < -0.39 is 24.6 Å². The number of carbonyl (C=O) groups is 1. The first kappa shape index (κ1) is 31.6. The molecule has 0 unspecified atom stereocenters. The van der Waals surface area contributed by atoms with Gasteiger partial charge in [-0.15, -0.1) is 0 Å². The second-order valence-electron chi connectivity index (χ2n) is 10.9. The monoisotopic (exact) mass is 587 g/mol. The predicted octanol–water partition coefficient (Wildman–Crippen LogP) is 5.59. The van der Waals surface area contributed by atoms with Crippen LogP contribution < -0.4 is 5.73 Å². The van der Waals surface area contributed by atoms with Crippen molar-refractivity contribution in [2.24, 2.45) is 10.7 Å². The van der Waals surface area contributed by atoms with Crippen molar-refractivity contribution in [3.63, 3.8) is 0 Å². The number of aliphatic hydroxyl groups excluding tert-OH is 3. The summed E-state index contributed by atoms with van der Waals surface area (Å²) in [6, 6.07) is 23.0. The van der Waals surface area contributed by atoms with E-state index in [1.165, 1.54) is 12.1 Å². The van der Waals surface area contributed by atoms with E-state index in [9.17, 15) is 24.5 Å². The van der Waals surface area contributed by atoms with Crippen LogP contribution in [0.2, 0.25) is 0 Å². The quantitative estimate of drug-likeness (QED) is 0.102. The molecule has 1 heterocycles. The molecular formula is C34H38FN3O5. The van der Waals surface area contributed by atoms with E-state index >= 15 is 0 Å². The van der Waals surface area contributed by atoms with Crippen molar-refractivity contribution in [2.45, 2.75) is 64.4 Å². The van der Waals surface area contributed by atoms with Crippen molar-refractivity contribution in [2.75, 3.05) is 0 Å². The van der Waals surface area contributed by atoms with Crippen LogP contribution in [0.25, 0.3) is 22.4 Å². The number of aliphatic carboxylic acids is 1. The maximum absolute atomic E-state index is 14.1. The number of aliphatic imine (C=N–C) groups is 1. The number of nitrogens with two attached hydrogens (primary N) is 1. The molecule has 0 aliphatic rings. The Hall–Kier alpha value is -4.31. The van der Waals surface area contributed by atoms with Crippen molar-refractivity contribution in [3.05, 3.63) is 102 Å². The minimum atomic E-state index is -1.17. The van der Waals surface area contributed by atoms with Gasteiger partial charge in [0.2, 0.25) is 0 Å². The van der Waals surface area contributed by atoms with Crippen molar-refractivity contribution < 1.29 is 29.6 Å². The SMILES string of the molecule is CC(C)c1c(C(N)=Nc2ccc(CO)cc2)c(-c2ccccc2)c(-c2ccc(F)cc2)n1CC[C@@H](O)C[C@@H](O)CC(=O)O. The Morgan fingerprint density at radius 1 is 0.930 bits per heavy atom. The van der Waals surface area contributed by atoms with Crippen molar-refractivity contribution >= 4 is 17.5 Å². The van der Waals surface area contributed by atoms with Crippen LogP contribution in [0, 0.1) is 5.82 Å². The Labute approximate surface area is 250 Å². The summed E-state index contributed by atoms with van der Waals surface area (Å²) in [5.74, 6) is -1.28. The van der Waals surface area contributed by atoms with Gasteiger partial charge in [-0.1, -0.05) is 56.3 Å². The summed E-state index contributed by atoms with van der Waals surface area (Å²) < 4.78 is 16.1. The molecule has 43 heavy (non-hydrogen) atoms. The summed E-state index contributed by atoms with van der Waals surface area (Å²) >= 11 is 0. The van der Waals surface area contributed by atoms with Gasteiger partial charge in [-0.2, -0.15) is 0 Å². The fraction of sp³-hybridized carbons (Fsp3) is 0.294. The normalized spacial score (nSPS) is 13.3. The zero-order chi connectivity index (χ0) is 31.1. The zero-order valence-corrected chi connectivity index (χ0v) is 24.3. The highest BCUT2D eigenvalue weighted by Crippen LogP contribution is 2.42. The highest BCUT2D eigenvalue weighted by atomic mass is 19.1. The van der Waals surface area contributed by atoms with Crippen LogP contribution in [0.3, 0.4) is 0 Å². The predicted molar refractivity (Wildman–Crippen MR) is 166 cm³/mol. The third kappa shape index (κ3) is 7.75. The number of aromatic nitrogens is 1. The Kier molecular flexibility index (Phi) is 10.5. The van der Waals surface area contributed by atoms with Crippen LogP contribution >= 0.6 is 0 Å². The number of hydrogen-bond donors (Lipinski definition) is 5. The van der Waals surface area contributed by atoms with Crippen molar-refractivity contribution in [1.82, 2.24) is 4.57 Å². The van der Waals surface area contributed by atoms with Gasteiger partial charge >= 0.3 is 5.97 Å². The van der Waals surface area contributed by atoms with Gasteiger partial charge in [0, 0.05) is 23.4 Å². The van der Waals surface area contributed by atoms with E-state index in [1.807, 2.05) is 44.2 Å². The first-order chi connectivity index (χ1) is 20.6. The van der Waals surface area contributed by atoms with Crippen molar-refractivity contribution in [1.29, 1.82) is 0 Å². The summed E-state index contributed by atoms with van der Waals surface area (Å²) in [4.78, 5) is 15.8. The second-order valence-corrected chi connectivity index (χ2v) is 10.9. The molecule has 0 aliphatic heterocycles. The summed E-state index contributed by atoms with van der Waals surface area (Å²) in [5.41, 5.74) is 13.0. The number of aliphatic hydroxyl groups is 3. The first-order valence-electron chi connectivity index (χ1n) is 14.3. The molecule has 2 atom stereocenters. The molecule has 1 aromatic heterocycles. The number of carboxylic acid groups (broad SMARTS) is 1. The third-order valence-corrected chi connectivity index (χ3v) is 7.30. The van der Waals surface area contributed by atoms with E-state index in [2.05, 4.69) is 4.57 Å². The standard InChI is InChI=1S/C34H38FN3O5/c1-21(2)32-31(34(36)37-26-14-8-22(20-39)9-15-26)30(23-6-4-3-5-7-23)33(24-10-12-25(35)13-11-24)38(32)17-16-27(40)18-28(41)19-29(42)43/h3-15,21,27-28,39-41H,16-20H2,1-2H3,(H2,36,37)(H,42,43)/t27-,28-/m1/s1. The molecule has 4 rings (SSSR count). The van der Waals surface area contributed by atoms with Crippen molar-refractivity contribution in [3.8, 4) is 22.4 Å². The Morgan fingerprint density at radius 2 is 1.58 bits per heavy atom. The largest absolute Gasteiger partial charge is 0.481 e. The second kappa shape index (κ2) is 14.2. The van der Waals surface area contributed by atoms with Crippen LogP contribution in [-0.2, 0) is 17.9 Å². The van der Waals surface area contributed by atoms with Gasteiger partial charge in [-0.3, -0.25) is 4.79 Å². The minimum Gasteiger partial charge on any atom is -0.481 e. The lowest BCUT2D eigenvalue weighted by Gasteiger charge is -2.20. The number of nitrogens with zero attached hydrogens (tertiary/aromatic N) is 2. The summed E-state index contributed by atoms with van der Waals surface area (Å²) in [7, 11) is 0. The van der Waals surface area contributed by atoms with Gasteiger partial charge in [-0.05, 0) is 71.8 Å². The molecule has 0 radical (unpaired) electrons.